The van der Waals surface area contributed by atoms with E-state index >= 15 is 0 Å². The van der Waals surface area contributed by atoms with Crippen molar-refractivity contribution in [1.29, 1.82) is 0 Å². The molecule has 0 fully saturated rings. The predicted octanol–water partition coefficient (Wildman–Crippen LogP) is 11.6. The van der Waals surface area contributed by atoms with Gasteiger partial charge < -0.3 is 14.5 Å². The summed E-state index contributed by atoms with van der Waals surface area (Å²) in [5, 5.41) is 0. The number of halogens is 1. The number of thioether (sulfide) groups is 1. The minimum Gasteiger partial charge on any atom is -0.493 e. The Morgan fingerprint density at radius 1 is 0.886 bits per heavy atom. The van der Waals surface area contributed by atoms with Crippen LogP contribution in [0.2, 0.25) is 0 Å². The van der Waals surface area contributed by atoms with Crippen LogP contribution in [0.5, 0.6) is 5.75 Å². The number of allylic oxidation sites excluding steroid dienone is 1. The number of amides is 1. The number of unbranched alkanes of at least 4 members (excludes halogenated alkanes) is 11. The van der Waals surface area contributed by atoms with Crippen LogP contribution < -0.4 is 9.64 Å². The molecule has 0 spiro atoms. The third-order valence-corrected chi connectivity index (χ3v) is 9.28. The summed E-state index contributed by atoms with van der Waals surface area (Å²) in [4.78, 5) is 18.4. The van der Waals surface area contributed by atoms with Crippen molar-refractivity contribution in [3.8, 4) is 5.75 Å². The maximum atomic E-state index is 12.8. The lowest BCUT2D eigenvalue weighted by atomic mass is 9.85. The molecular weight excluding hydrogens is 628 g/mol. The van der Waals surface area contributed by atoms with Crippen molar-refractivity contribution in [2.75, 3.05) is 17.4 Å². The highest BCUT2D eigenvalue weighted by Gasteiger charge is 2.21. The topological polar surface area (TPSA) is 32.8 Å². The molecule has 2 aromatic rings. The van der Waals surface area contributed by atoms with E-state index in [0.717, 1.165) is 42.4 Å². The highest BCUT2D eigenvalue weighted by molar-refractivity contribution is 8.93. The van der Waals surface area contributed by atoms with Crippen LogP contribution in [0, 0.1) is 0 Å². The Kier molecular flexibility index (Phi) is 17.6. The van der Waals surface area contributed by atoms with Crippen molar-refractivity contribution in [1.82, 2.24) is 4.90 Å². The van der Waals surface area contributed by atoms with E-state index in [-0.39, 0.29) is 28.3 Å². The third-order valence-electron chi connectivity index (χ3n) is 8.26. The van der Waals surface area contributed by atoms with E-state index in [1.54, 1.807) is 6.92 Å². The molecule has 0 atom stereocenters. The molecule has 0 aromatic heterocycles. The molecule has 0 N–H and O–H groups in total. The van der Waals surface area contributed by atoms with Crippen molar-refractivity contribution in [2.24, 2.45) is 0 Å². The van der Waals surface area contributed by atoms with Crippen molar-refractivity contribution in [2.45, 2.75) is 137 Å². The zero-order valence-electron chi connectivity index (χ0n) is 28.5. The van der Waals surface area contributed by atoms with Crippen LogP contribution in [0.15, 0.2) is 53.6 Å². The van der Waals surface area contributed by atoms with Gasteiger partial charge in [-0.3, -0.25) is 4.79 Å². The van der Waals surface area contributed by atoms with Crippen LogP contribution in [0.4, 0.5) is 5.69 Å². The summed E-state index contributed by atoms with van der Waals surface area (Å²) < 4.78 is 6.34. The molecule has 1 heterocycles. The van der Waals surface area contributed by atoms with E-state index in [0.29, 0.717) is 6.54 Å². The van der Waals surface area contributed by atoms with E-state index < -0.39 is 0 Å². The summed E-state index contributed by atoms with van der Waals surface area (Å²) in [6.07, 6.45) is 18.4. The van der Waals surface area contributed by atoms with E-state index in [1.165, 1.54) is 86.7 Å². The number of rotatable bonds is 19. The van der Waals surface area contributed by atoms with Gasteiger partial charge in [0.25, 0.3) is 0 Å². The first-order valence-electron chi connectivity index (χ1n) is 16.9. The average Bonchev–Trinajstić information content (AvgIpc) is 3.38. The Bertz CT molecular complexity index is 1160. The molecule has 1 aliphatic rings. The van der Waals surface area contributed by atoms with Gasteiger partial charge in [-0.15, -0.1) is 28.7 Å². The normalized spacial score (nSPS) is 13.0. The first-order valence-corrected chi connectivity index (χ1v) is 17.8. The van der Waals surface area contributed by atoms with E-state index in [1.807, 2.05) is 22.7 Å². The molecule has 0 radical (unpaired) electrons. The third kappa shape index (κ3) is 13.6. The molecule has 44 heavy (non-hydrogen) atoms. The largest absolute Gasteiger partial charge is 0.493 e. The number of carbonyl (C=O) groups excluding carboxylic acids is 1. The zero-order chi connectivity index (χ0) is 31.1. The maximum absolute atomic E-state index is 12.8. The van der Waals surface area contributed by atoms with Crippen molar-refractivity contribution >= 4 is 40.3 Å². The number of ether oxygens (including phenoxy) is 1. The van der Waals surface area contributed by atoms with Crippen LogP contribution in [-0.4, -0.2) is 23.3 Å². The quantitative estimate of drug-likeness (QED) is 0.138. The molecule has 0 unspecified atom stereocenters. The Morgan fingerprint density at radius 3 is 2.09 bits per heavy atom. The summed E-state index contributed by atoms with van der Waals surface area (Å²) in [5.74, 6) is 2.01. The van der Waals surface area contributed by atoms with Crippen molar-refractivity contribution in [3.05, 3.63) is 70.3 Å². The summed E-state index contributed by atoms with van der Waals surface area (Å²) in [6.45, 7) is 15.0. The lowest BCUT2D eigenvalue weighted by molar-refractivity contribution is -0.116. The summed E-state index contributed by atoms with van der Waals surface area (Å²) in [5.41, 5.74) is 4.43. The highest BCUT2D eigenvalue weighted by atomic mass is 79.9. The minimum absolute atomic E-state index is 0. The number of hydrogen-bond acceptors (Lipinski definition) is 4. The van der Waals surface area contributed by atoms with E-state index in [9.17, 15) is 4.79 Å². The van der Waals surface area contributed by atoms with Gasteiger partial charge in [-0.25, -0.2) is 0 Å². The second kappa shape index (κ2) is 20.3. The fraction of sp³-hybridized carbons (Fsp3) is 0.605. The van der Waals surface area contributed by atoms with Crippen LogP contribution in [0.1, 0.15) is 135 Å². The molecule has 4 nitrogen and oxygen atoms in total. The first-order chi connectivity index (χ1) is 20.7. The molecule has 6 heteroatoms. The molecule has 2 aromatic carbocycles. The van der Waals surface area contributed by atoms with Crippen LogP contribution in [0.3, 0.4) is 0 Å². The first kappa shape index (κ1) is 38.3. The molecule has 0 saturated heterocycles. The lowest BCUT2D eigenvalue weighted by Crippen LogP contribution is -2.28. The Hall–Kier alpha value is -1.92. The van der Waals surface area contributed by atoms with Gasteiger partial charge in [-0.05, 0) is 64.6 Å². The minimum atomic E-state index is -0.0533. The van der Waals surface area contributed by atoms with Gasteiger partial charge in [0.1, 0.15) is 5.75 Å². The molecule has 246 valence electrons. The van der Waals surface area contributed by atoms with Crippen LogP contribution in [0.25, 0.3) is 0 Å². The van der Waals surface area contributed by atoms with Crippen LogP contribution >= 0.6 is 28.7 Å². The van der Waals surface area contributed by atoms with E-state index in [4.69, 9.17) is 4.74 Å². The van der Waals surface area contributed by atoms with Gasteiger partial charge in [0.15, 0.2) is 0 Å². The van der Waals surface area contributed by atoms with Gasteiger partial charge in [0.05, 0.1) is 19.0 Å². The molecule has 1 aliphatic heterocycles. The second-order valence-corrected chi connectivity index (χ2v) is 14.5. The summed E-state index contributed by atoms with van der Waals surface area (Å²) in [7, 11) is 0. The smallest absolute Gasteiger partial charge is 0.224 e. The van der Waals surface area contributed by atoms with Gasteiger partial charge >= 0.3 is 0 Å². The molecule has 0 saturated carbocycles. The van der Waals surface area contributed by atoms with Gasteiger partial charge in [-0.1, -0.05) is 117 Å². The molecular formula is C38H59BrN2O2S. The number of hydrogen-bond donors (Lipinski definition) is 0. The second-order valence-electron chi connectivity index (χ2n) is 13.4. The number of nitrogens with zero attached hydrogens (tertiary/aromatic N) is 2. The lowest BCUT2D eigenvalue weighted by Gasteiger charge is -2.26. The van der Waals surface area contributed by atoms with Crippen molar-refractivity contribution < 1.29 is 9.53 Å². The predicted molar refractivity (Wildman–Crippen MR) is 197 cm³/mol. The van der Waals surface area contributed by atoms with Gasteiger partial charge in [0.2, 0.25) is 5.91 Å². The Morgan fingerprint density at radius 2 is 1.52 bits per heavy atom. The Labute approximate surface area is 284 Å². The van der Waals surface area contributed by atoms with E-state index in [2.05, 4.69) is 82.1 Å². The monoisotopic (exact) mass is 686 g/mol. The highest BCUT2D eigenvalue weighted by Crippen LogP contribution is 2.33. The number of anilines is 1. The molecule has 1 amide bonds. The molecule has 0 aliphatic carbocycles. The maximum Gasteiger partial charge on any atom is 0.224 e. The number of carbonyl (C=O) groups is 1. The van der Waals surface area contributed by atoms with Gasteiger partial charge in [-0.2, -0.15) is 0 Å². The molecule has 3 rings (SSSR count). The summed E-state index contributed by atoms with van der Waals surface area (Å²) >= 11 is 1.87. The van der Waals surface area contributed by atoms with Crippen molar-refractivity contribution in [3.63, 3.8) is 0 Å². The standard InChI is InChI=1S/C38H58N2O2S.BrH/c1-7-8-9-10-11-12-13-14-15-16-17-18-24-42-37-23-22-34(26-36(37)38(4,5)6)29-40(32(3)41)35-21-19-20-33(25-35)28-39-27-31(2)43-30-39;/h19-23,25-27H,7-18,24,28-30H2,1-6H3;1H. The Balaban J connectivity index is 0.00000675. The fourth-order valence-corrected chi connectivity index (χ4v) is 6.50. The fourth-order valence-electron chi connectivity index (χ4n) is 5.74. The van der Waals surface area contributed by atoms with Crippen LogP contribution in [-0.2, 0) is 23.3 Å². The zero-order valence-corrected chi connectivity index (χ0v) is 31.0. The summed E-state index contributed by atoms with van der Waals surface area (Å²) in [6, 6.07) is 14.9. The van der Waals surface area contributed by atoms with Gasteiger partial charge in [0, 0.05) is 25.4 Å². The molecule has 0 bridgehead atoms. The average molecular weight is 688 g/mol. The number of benzene rings is 2. The SMILES string of the molecule is Br.CCCCCCCCCCCCCCOc1ccc(CN(C(C)=O)c2cccc(CN3C=C(C)SC3)c2)cc1C(C)(C)C.